The fraction of sp³-hybridized carbons (Fsp3) is 0.188. The third-order valence-corrected chi connectivity index (χ3v) is 3.74. The first-order valence-electron chi connectivity index (χ1n) is 6.50. The molecular weight excluding hydrogens is 270 g/mol. The second-order valence-corrected chi connectivity index (χ2v) is 5.70. The summed E-state index contributed by atoms with van der Waals surface area (Å²) in [5.74, 6) is 0.825. The van der Waals surface area contributed by atoms with Gasteiger partial charge in [0.25, 0.3) is 0 Å². The Morgan fingerprint density at radius 1 is 1.30 bits per heavy atom. The van der Waals surface area contributed by atoms with Gasteiger partial charge in [-0.2, -0.15) is 11.3 Å². The van der Waals surface area contributed by atoms with Crippen LogP contribution in [0.1, 0.15) is 29.8 Å². The van der Waals surface area contributed by atoms with Crippen LogP contribution in [0, 0.1) is 0 Å². The number of aromatic nitrogens is 1. The Labute approximate surface area is 121 Å². The average molecular weight is 285 g/mol. The maximum Gasteiger partial charge on any atom is 0.196 e. The minimum Gasteiger partial charge on any atom is -0.491 e. The average Bonchev–Trinajstić information content (AvgIpc) is 3.06. The quantitative estimate of drug-likeness (QED) is 0.728. The molecule has 4 heteroatoms. The molecule has 0 aliphatic carbocycles. The van der Waals surface area contributed by atoms with Gasteiger partial charge in [0.2, 0.25) is 0 Å². The SMILES string of the molecule is CC(C)Oc1ccc2[nH]cc(C(=O)c3ccsc3)c2c1. The molecule has 0 saturated carbocycles. The predicted octanol–water partition coefficient (Wildman–Crippen LogP) is 4.25. The lowest BCUT2D eigenvalue weighted by molar-refractivity contribution is 0.104. The number of benzene rings is 1. The smallest absolute Gasteiger partial charge is 0.196 e. The highest BCUT2D eigenvalue weighted by atomic mass is 32.1. The molecule has 3 rings (SSSR count). The van der Waals surface area contributed by atoms with Crippen molar-refractivity contribution in [3.63, 3.8) is 0 Å². The van der Waals surface area contributed by atoms with Crippen molar-refractivity contribution in [3.05, 3.63) is 52.3 Å². The fourth-order valence-electron chi connectivity index (χ4n) is 2.18. The molecule has 1 aromatic carbocycles. The first-order chi connectivity index (χ1) is 9.65. The first-order valence-corrected chi connectivity index (χ1v) is 7.44. The highest BCUT2D eigenvalue weighted by Gasteiger charge is 2.15. The van der Waals surface area contributed by atoms with Crippen LogP contribution in [0.4, 0.5) is 0 Å². The number of nitrogens with one attached hydrogen (secondary N) is 1. The lowest BCUT2D eigenvalue weighted by Gasteiger charge is -2.09. The topological polar surface area (TPSA) is 42.1 Å². The highest BCUT2D eigenvalue weighted by molar-refractivity contribution is 7.08. The number of ketones is 1. The van der Waals surface area contributed by atoms with Crippen LogP contribution in [0.3, 0.4) is 0 Å². The van der Waals surface area contributed by atoms with Gasteiger partial charge in [0, 0.05) is 33.6 Å². The standard InChI is InChI=1S/C16H15NO2S/c1-10(2)19-12-3-4-15-13(7-12)14(8-17-15)16(18)11-5-6-20-9-11/h3-10,17H,1-2H3. The van der Waals surface area contributed by atoms with Crippen molar-refractivity contribution in [3.8, 4) is 5.75 Å². The fourth-order valence-corrected chi connectivity index (χ4v) is 2.82. The summed E-state index contributed by atoms with van der Waals surface area (Å²) in [6.07, 6.45) is 1.88. The van der Waals surface area contributed by atoms with Crippen LogP contribution in [0.15, 0.2) is 41.2 Å². The van der Waals surface area contributed by atoms with Crippen molar-refractivity contribution < 1.29 is 9.53 Å². The summed E-state index contributed by atoms with van der Waals surface area (Å²) < 4.78 is 5.69. The zero-order chi connectivity index (χ0) is 14.1. The van der Waals surface area contributed by atoms with E-state index >= 15 is 0 Å². The van der Waals surface area contributed by atoms with Gasteiger partial charge in [0.15, 0.2) is 5.78 Å². The zero-order valence-corrected chi connectivity index (χ0v) is 12.2. The van der Waals surface area contributed by atoms with Gasteiger partial charge in [0.05, 0.1) is 6.10 Å². The molecule has 0 spiro atoms. The van der Waals surface area contributed by atoms with E-state index in [-0.39, 0.29) is 11.9 Å². The lowest BCUT2D eigenvalue weighted by Crippen LogP contribution is -2.05. The van der Waals surface area contributed by atoms with Crippen LogP contribution in [0.25, 0.3) is 10.9 Å². The number of aromatic amines is 1. The van der Waals surface area contributed by atoms with Crippen molar-refractivity contribution >= 4 is 28.0 Å². The minimum absolute atomic E-state index is 0.0409. The molecule has 0 amide bonds. The summed E-state index contributed by atoms with van der Waals surface area (Å²) in [5.41, 5.74) is 2.36. The molecule has 0 radical (unpaired) electrons. The van der Waals surface area contributed by atoms with Crippen molar-refractivity contribution in [2.24, 2.45) is 0 Å². The van der Waals surface area contributed by atoms with E-state index < -0.39 is 0 Å². The van der Waals surface area contributed by atoms with Gasteiger partial charge >= 0.3 is 0 Å². The Kier molecular flexibility index (Phi) is 3.32. The Morgan fingerprint density at radius 3 is 2.85 bits per heavy atom. The molecule has 3 aromatic rings. The van der Waals surface area contributed by atoms with E-state index in [0.717, 1.165) is 22.2 Å². The Hall–Kier alpha value is -2.07. The van der Waals surface area contributed by atoms with Crippen LogP contribution in [-0.4, -0.2) is 16.9 Å². The molecule has 2 heterocycles. The number of fused-ring (bicyclic) bond motifs is 1. The summed E-state index contributed by atoms with van der Waals surface area (Å²) >= 11 is 1.53. The molecule has 3 nitrogen and oxygen atoms in total. The molecular formula is C16H15NO2S. The lowest BCUT2D eigenvalue weighted by atomic mass is 10.1. The summed E-state index contributed by atoms with van der Waals surface area (Å²) in [6, 6.07) is 7.63. The molecule has 0 unspecified atom stereocenters. The van der Waals surface area contributed by atoms with E-state index in [9.17, 15) is 4.79 Å². The van der Waals surface area contributed by atoms with E-state index in [1.807, 2.05) is 48.9 Å². The summed E-state index contributed by atoms with van der Waals surface area (Å²) in [5, 5.41) is 4.68. The molecule has 0 atom stereocenters. The maximum atomic E-state index is 12.5. The second-order valence-electron chi connectivity index (χ2n) is 4.92. The summed E-state index contributed by atoms with van der Waals surface area (Å²) in [7, 11) is 0. The van der Waals surface area contributed by atoms with E-state index in [4.69, 9.17) is 4.74 Å². The van der Waals surface area contributed by atoms with Gasteiger partial charge in [-0.15, -0.1) is 0 Å². The molecule has 102 valence electrons. The van der Waals surface area contributed by atoms with Crippen LogP contribution in [0.5, 0.6) is 5.75 Å². The minimum atomic E-state index is 0.0409. The molecule has 0 fully saturated rings. The van der Waals surface area contributed by atoms with Gasteiger partial charge in [-0.25, -0.2) is 0 Å². The number of hydrogen-bond acceptors (Lipinski definition) is 3. The van der Waals surface area contributed by atoms with E-state index in [2.05, 4.69) is 4.98 Å². The van der Waals surface area contributed by atoms with Gasteiger partial charge in [-0.1, -0.05) is 0 Å². The van der Waals surface area contributed by atoms with Crippen LogP contribution in [0.2, 0.25) is 0 Å². The molecule has 2 aromatic heterocycles. The number of hydrogen-bond donors (Lipinski definition) is 1. The molecule has 0 aliphatic heterocycles. The molecule has 0 saturated heterocycles. The second kappa shape index (κ2) is 5.13. The summed E-state index contributed by atoms with van der Waals surface area (Å²) in [6.45, 7) is 3.97. The summed E-state index contributed by atoms with van der Waals surface area (Å²) in [4.78, 5) is 15.6. The van der Waals surface area contributed by atoms with E-state index in [1.54, 1.807) is 6.20 Å². The van der Waals surface area contributed by atoms with Gasteiger partial charge < -0.3 is 9.72 Å². The largest absolute Gasteiger partial charge is 0.491 e. The molecule has 1 N–H and O–H groups in total. The van der Waals surface area contributed by atoms with Crippen molar-refractivity contribution in [2.45, 2.75) is 20.0 Å². The van der Waals surface area contributed by atoms with E-state index in [1.165, 1.54) is 11.3 Å². The van der Waals surface area contributed by atoms with Gasteiger partial charge in [-0.3, -0.25) is 4.79 Å². The number of carbonyl (C=O) groups is 1. The third kappa shape index (κ3) is 2.34. The normalized spacial score (nSPS) is 11.2. The van der Waals surface area contributed by atoms with Gasteiger partial charge in [0.1, 0.15) is 5.75 Å². The third-order valence-electron chi connectivity index (χ3n) is 3.05. The molecule has 20 heavy (non-hydrogen) atoms. The highest BCUT2D eigenvalue weighted by Crippen LogP contribution is 2.26. The van der Waals surface area contributed by atoms with Crippen molar-refractivity contribution in [1.82, 2.24) is 4.98 Å². The van der Waals surface area contributed by atoms with Crippen molar-refractivity contribution in [2.75, 3.05) is 0 Å². The first kappa shape index (κ1) is 12.9. The Balaban J connectivity index is 2.05. The number of H-pyrrole nitrogens is 1. The molecule has 0 bridgehead atoms. The van der Waals surface area contributed by atoms with Crippen LogP contribution in [-0.2, 0) is 0 Å². The van der Waals surface area contributed by atoms with Crippen LogP contribution < -0.4 is 4.74 Å². The number of thiophene rings is 1. The number of rotatable bonds is 4. The van der Waals surface area contributed by atoms with Gasteiger partial charge in [-0.05, 0) is 43.5 Å². The monoisotopic (exact) mass is 285 g/mol. The molecule has 0 aliphatic rings. The Bertz CT molecular complexity index is 741. The number of carbonyl (C=O) groups excluding carboxylic acids is 1. The maximum absolute atomic E-state index is 12.5. The number of ether oxygens (including phenoxy) is 1. The van der Waals surface area contributed by atoms with Crippen LogP contribution >= 0.6 is 11.3 Å². The van der Waals surface area contributed by atoms with Crippen molar-refractivity contribution in [1.29, 1.82) is 0 Å². The van der Waals surface area contributed by atoms with E-state index in [0.29, 0.717) is 5.56 Å². The Morgan fingerprint density at radius 2 is 2.15 bits per heavy atom. The predicted molar refractivity (Wildman–Crippen MR) is 81.8 cm³/mol. The zero-order valence-electron chi connectivity index (χ0n) is 11.3.